The van der Waals surface area contributed by atoms with Crippen molar-refractivity contribution in [1.82, 2.24) is 10.2 Å². The summed E-state index contributed by atoms with van der Waals surface area (Å²) in [5.74, 6) is -1.75. The van der Waals surface area contributed by atoms with Crippen molar-refractivity contribution >= 4 is 23.4 Å². The molecule has 1 saturated carbocycles. The zero-order chi connectivity index (χ0) is 26.4. The third-order valence-electron chi connectivity index (χ3n) is 8.85. The smallest absolute Gasteiger partial charge is 0.246 e. The number of aryl methyl sites for hydroxylation is 1. The van der Waals surface area contributed by atoms with Gasteiger partial charge in [-0.25, -0.2) is 0 Å². The molecule has 38 heavy (non-hydrogen) atoms. The Hall–Kier alpha value is -3.45. The van der Waals surface area contributed by atoms with Crippen LogP contribution in [-0.4, -0.2) is 46.4 Å². The third-order valence-corrected chi connectivity index (χ3v) is 8.85. The number of nitrogens with one attached hydrogen (secondary N) is 2. The van der Waals surface area contributed by atoms with Gasteiger partial charge in [-0.2, -0.15) is 0 Å². The summed E-state index contributed by atoms with van der Waals surface area (Å²) in [6, 6.07) is 16.5. The van der Waals surface area contributed by atoms with Crippen molar-refractivity contribution in [3.63, 3.8) is 0 Å². The van der Waals surface area contributed by atoms with Crippen LogP contribution in [-0.2, 0) is 25.7 Å². The van der Waals surface area contributed by atoms with Crippen LogP contribution in [0.1, 0.15) is 43.7 Å². The summed E-state index contributed by atoms with van der Waals surface area (Å²) in [7, 11) is 0. The molecule has 3 amide bonds. The molecule has 1 aliphatic carbocycles. The first kappa shape index (κ1) is 24.9. The Morgan fingerprint density at radius 1 is 1.05 bits per heavy atom. The lowest BCUT2D eigenvalue weighted by atomic mass is 9.74. The fourth-order valence-corrected chi connectivity index (χ4v) is 6.96. The molecule has 3 heterocycles. The Morgan fingerprint density at radius 3 is 2.61 bits per heavy atom. The molecule has 0 radical (unpaired) electrons. The molecule has 2 saturated heterocycles. The van der Waals surface area contributed by atoms with Gasteiger partial charge in [0.2, 0.25) is 17.7 Å². The Morgan fingerprint density at radius 2 is 1.84 bits per heavy atom. The fourth-order valence-electron chi connectivity index (χ4n) is 6.96. The molecular formula is C31H35N3O4. The average molecular weight is 514 g/mol. The molecule has 4 aliphatic rings. The first-order chi connectivity index (χ1) is 18.4. The van der Waals surface area contributed by atoms with Crippen molar-refractivity contribution in [3.05, 3.63) is 77.9 Å². The molecule has 6 rings (SSSR count). The summed E-state index contributed by atoms with van der Waals surface area (Å²) in [5, 5.41) is 6.28. The Kier molecular flexibility index (Phi) is 6.34. The lowest BCUT2D eigenvalue weighted by molar-refractivity contribution is -0.142. The van der Waals surface area contributed by atoms with Crippen molar-refractivity contribution < 1.29 is 19.1 Å². The predicted molar refractivity (Wildman–Crippen MR) is 144 cm³/mol. The lowest BCUT2D eigenvalue weighted by Gasteiger charge is -2.36. The summed E-state index contributed by atoms with van der Waals surface area (Å²) in [6.45, 7) is 4.42. The molecule has 7 nitrogen and oxygen atoms in total. The summed E-state index contributed by atoms with van der Waals surface area (Å²) < 4.78 is 6.47. The minimum absolute atomic E-state index is 0.0726. The summed E-state index contributed by atoms with van der Waals surface area (Å²) in [5.41, 5.74) is 1.49. The molecule has 2 N–H and O–H groups in total. The van der Waals surface area contributed by atoms with Crippen molar-refractivity contribution in [2.75, 3.05) is 5.32 Å². The number of hydrogen-bond donors (Lipinski definition) is 2. The van der Waals surface area contributed by atoms with Crippen LogP contribution in [0.5, 0.6) is 0 Å². The zero-order valence-electron chi connectivity index (χ0n) is 21.9. The second-order valence-corrected chi connectivity index (χ2v) is 11.4. The number of benzene rings is 2. The highest BCUT2D eigenvalue weighted by Gasteiger charge is 2.72. The number of likely N-dealkylation sites (tertiary alicyclic amines) is 1. The van der Waals surface area contributed by atoms with Crippen molar-refractivity contribution in [2.45, 2.75) is 69.9 Å². The number of carbonyl (C=O) groups excluding carboxylic acids is 3. The topological polar surface area (TPSA) is 87.7 Å². The summed E-state index contributed by atoms with van der Waals surface area (Å²) in [4.78, 5) is 43.4. The molecule has 3 fully saturated rings. The number of carbonyl (C=O) groups is 3. The number of ether oxygens (including phenoxy) is 1. The molecule has 7 atom stereocenters. The van der Waals surface area contributed by atoms with Crippen LogP contribution in [0.4, 0.5) is 5.69 Å². The fraction of sp³-hybridized carbons (Fsp3) is 0.452. The van der Waals surface area contributed by atoms with E-state index in [1.165, 1.54) is 6.42 Å². The van der Waals surface area contributed by atoms with E-state index in [-0.39, 0.29) is 30.3 Å². The molecule has 198 valence electrons. The van der Waals surface area contributed by atoms with E-state index in [1.807, 2.05) is 73.7 Å². The third kappa shape index (κ3) is 4.13. The first-order valence-electron chi connectivity index (χ1n) is 13.8. The van der Waals surface area contributed by atoms with Crippen molar-refractivity contribution in [1.29, 1.82) is 0 Å². The molecule has 2 aromatic rings. The number of fused-ring (bicyclic) bond motifs is 1. The van der Waals surface area contributed by atoms with Crippen LogP contribution >= 0.6 is 0 Å². The number of nitrogens with zero attached hydrogens (tertiary/aromatic N) is 1. The quantitative estimate of drug-likeness (QED) is 0.572. The van der Waals surface area contributed by atoms with Gasteiger partial charge in [-0.15, -0.1) is 0 Å². The summed E-state index contributed by atoms with van der Waals surface area (Å²) in [6.07, 6.45) is 7.46. The van der Waals surface area contributed by atoms with Crippen LogP contribution in [0.3, 0.4) is 0 Å². The van der Waals surface area contributed by atoms with E-state index in [1.54, 1.807) is 4.90 Å². The molecule has 2 aromatic carbocycles. The van der Waals surface area contributed by atoms with E-state index >= 15 is 0 Å². The van der Waals surface area contributed by atoms with Gasteiger partial charge < -0.3 is 20.3 Å². The average Bonchev–Trinajstić information content (AvgIpc) is 3.54. The van der Waals surface area contributed by atoms with Gasteiger partial charge in [-0.1, -0.05) is 74.4 Å². The Balaban J connectivity index is 1.33. The number of amides is 3. The largest absolute Gasteiger partial charge is 0.359 e. The minimum atomic E-state index is -1.16. The number of rotatable bonds is 6. The molecular weight excluding hydrogens is 478 g/mol. The van der Waals surface area contributed by atoms with Gasteiger partial charge in [0, 0.05) is 18.3 Å². The number of hydrogen-bond acceptors (Lipinski definition) is 4. The van der Waals surface area contributed by atoms with Gasteiger partial charge in [0.1, 0.15) is 11.6 Å². The van der Waals surface area contributed by atoms with Gasteiger partial charge in [0.25, 0.3) is 0 Å². The molecule has 0 aromatic heterocycles. The van der Waals surface area contributed by atoms with Crippen molar-refractivity contribution in [3.8, 4) is 0 Å². The normalized spacial score (nSPS) is 33.3. The second kappa shape index (κ2) is 9.70. The maximum Gasteiger partial charge on any atom is 0.246 e. The van der Waals surface area contributed by atoms with Gasteiger partial charge in [0.05, 0.1) is 17.9 Å². The highest BCUT2D eigenvalue weighted by molar-refractivity contribution is 6.02. The molecule has 2 bridgehead atoms. The van der Waals surface area contributed by atoms with Crippen LogP contribution in [0.25, 0.3) is 0 Å². The Labute approximate surface area is 223 Å². The van der Waals surface area contributed by atoms with Gasteiger partial charge >= 0.3 is 0 Å². The first-order valence-corrected chi connectivity index (χ1v) is 13.8. The van der Waals surface area contributed by atoms with Crippen molar-refractivity contribution in [2.24, 2.45) is 17.8 Å². The van der Waals surface area contributed by atoms with E-state index in [0.29, 0.717) is 11.6 Å². The highest BCUT2D eigenvalue weighted by Crippen LogP contribution is 2.55. The monoisotopic (exact) mass is 513 g/mol. The van der Waals surface area contributed by atoms with Crippen LogP contribution in [0.2, 0.25) is 0 Å². The molecule has 7 heteroatoms. The van der Waals surface area contributed by atoms with Gasteiger partial charge in [0.15, 0.2) is 0 Å². The lowest BCUT2D eigenvalue weighted by Crippen LogP contribution is -2.57. The maximum absolute atomic E-state index is 14.1. The van der Waals surface area contributed by atoms with Crippen LogP contribution in [0.15, 0.2) is 66.7 Å². The predicted octanol–water partition coefficient (Wildman–Crippen LogP) is 3.98. The highest BCUT2D eigenvalue weighted by atomic mass is 16.5. The minimum Gasteiger partial charge on any atom is -0.359 e. The molecule has 5 unspecified atom stereocenters. The Bertz CT molecular complexity index is 1280. The van der Waals surface area contributed by atoms with E-state index in [9.17, 15) is 14.4 Å². The van der Waals surface area contributed by atoms with E-state index < -0.39 is 29.6 Å². The zero-order valence-corrected chi connectivity index (χ0v) is 21.9. The van der Waals surface area contributed by atoms with Gasteiger partial charge in [-0.05, 0) is 48.9 Å². The number of anilines is 1. The van der Waals surface area contributed by atoms with Gasteiger partial charge in [-0.3, -0.25) is 14.4 Å². The standard InChI is InChI=1S/C31H35N3O4/c1-19-9-8-13-22(17-19)32-28(35)25-24-15-16-31(38-24)26(25)30(37)34(18-21-11-4-3-5-12-21)27(31)29(36)33-23-14-7-6-10-20(23)2/h3-5,8-9,11-13,15-17,20,23-27H,6-7,10,14,18H2,1-2H3,(H,32,35)(H,33,36)/t20?,23?,24-,25?,26-,27?,31?/m1/s1. The van der Waals surface area contributed by atoms with E-state index in [2.05, 4.69) is 17.6 Å². The summed E-state index contributed by atoms with van der Waals surface area (Å²) >= 11 is 0. The maximum atomic E-state index is 14.1. The molecule has 3 aliphatic heterocycles. The molecule has 1 spiro atoms. The van der Waals surface area contributed by atoms with Crippen LogP contribution in [0, 0.1) is 24.7 Å². The van der Waals surface area contributed by atoms with E-state index in [0.717, 1.165) is 30.4 Å². The second-order valence-electron chi connectivity index (χ2n) is 11.4. The SMILES string of the molecule is Cc1cccc(NC(=O)C2[C@H]3C=CC4(O3)C(C(=O)NC3CCCCC3C)N(Cc3ccccc3)C(=O)[C@@H]24)c1. The van der Waals surface area contributed by atoms with Crippen LogP contribution < -0.4 is 10.6 Å². The van der Waals surface area contributed by atoms with E-state index in [4.69, 9.17) is 4.74 Å².